The summed E-state index contributed by atoms with van der Waals surface area (Å²) in [6.07, 6.45) is 1.78. The molecule has 0 fully saturated rings. The van der Waals surface area contributed by atoms with Crippen LogP contribution in [0.3, 0.4) is 0 Å². The van der Waals surface area contributed by atoms with Crippen molar-refractivity contribution in [3.63, 3.8) is 0 Å². The van der Waals surface area contributed by atoms with Crippen LogP contribution < -0.4 is 9.62 Å². The van der Waals surface area contributed by atoms with E-state index in [-0.39, 0.29) is 11.9 Å². The number of fused-ring (bicyclic) bond motifs is 1. The number of rotatable bonds is 3. The molecule has 1 aliphatic heterocycles. The van der Waals surface area contributed by atoms with Crippen LogP contribution in [0.2, 0.25) is 5.02 Å². The molecule has 0 radical (unpaired) electrons. The van der Waals surface area contributed by atoms with Crippen LogP contribution in [0.5, 0.6) is 0 Å². The second-order valence-electron chi connectivity index (χ2n) is 5.92. The SMILES string of the molecule is C[C@H]1Cc2cc(C(=O)Nc3ccc(Cl)cc3)ccc2N1S(C)(=O)=O. The van der Waals surface area contributed by atoms with Gasteiger partial charge in [0.25, 0.3) is 5.91 Å². The molecule has 24 heavy (non-hydrogen) atoms. The number of hydrogen-bond acceptors (Lipinski definition) is 3. The van der Waals surface area contributed by atoms with Gasteiger partial charge >= 0.3 is 0 Å². The van der Waals surface area contributed by atoms with Crippen molar-refractivity contribution >= 4 is 38.9 Å². The average molecular weight is 365 g/mol. The van der Waals surface area contributed by atoms with Crippen molar-refractivity contribution in [2.45, 2.75) is 19.4 Å². The minimum absolute atomic E-state index is 0.149. The van der Waals surface area contributed by atoms with Crippen molar-refractivity contribution in [2.75, 3.05) is 15.9 Å². The zero-order valence-corrected chi connectivity index (χ0v) is 14.9. The number of carbonyl (C=O) groups excluding carboxylic acids is 1. The first kappa shape index (κ1) is 16.8. The number of hydrogen-bond donors (Lipinski definition) is 1. The number of halogens is 1. The van der Waals surface area contributed by atoms with Gasteiger partial charge in [0.05, 0.1) is 11.9 Å². The van der Waals surface area contributed by atoms with E-state index in [1.807, 2.05) is 6.92 Å². The van der Waals surface area contributed by atoms with Crippen molar-refractivity contribution in [1.29, 1.82) is 0 Å². The summed E-state index contributed by atoms with van der Waals surface area (Å²) in [6, 6.07) is 11.8. The van der Waals surface area contributed by atoms with E-state index in [9.17, 15) is 13.2 Å². The normalized spacial score (nSPS) is 16.8. The molecule has 1 heterocycles. The molecule has 1 amide bonds. The van der Waals surface area contributed by atoms with Crippen LogP contribution in [0.4, 0.5) is 11.4 Å². The fourth-order valence-electron chi connectivity index (χ4n) is 2.99. The number of sulfonamides is 1. The molecule has 126 valence electrons. The molecule has 0 unspecified atom stereocenters. The molecule has 0 aliphatic carbocycles. The second-order valence-corrected chi connectivity index (χ2v) is 8.21. The Morgan fingerprint density at radius 2 is 1.88 bits per heavy atom. The van der Waals surface area contributed by atoms with Crippen LogP contribution in [0, 0.1) is 0 Å². The van der Waals surface area contributed by atoms with Crippen LogP contribution in [0.15, 0.2) is 42.5 Å². The lowest BCUT2D eigenvalue weighted by atomic mass is 10.1. The van der Waals surface area contributed by atoms with Crippen LogP contribution in [0.25, 0.3) is 0 Å². The molecule has 1 N–H and O–H groups in total. The van der Waals surface area contributed by atoms with Gasteiger partial charge in [-0.25, -0.2) is 8.42 Å². The summed E-state index contributed by atoms with van der Waals surface area (Å²) in [7, 11) is -3.33. The van der Waals surface area contributed by atoms with Crippen LogP contribution in [-0.2, 0) is 16.4 Å². The maximum Gasteiger partial charge on any atom is 0.255 e. The van der Waals surface area contributed by atoms with E-state index in [2.05, 4.69) is 5.32 Å². The maximum absolute atomic E-state index is 12.4. The molecule has 5 nitrogen and oxygen atoms in total. The first-order valence-corrected chi connectivity index (χ1v) is 9.67. The molecule has 0 spiro atoms. The quantitative estimate of drug-likeness (QED) is 0.908. The number of nitrogens with zero attached hydrogens (tertiary/aromatic N) is 1. The topological polar surface area (TPSA) is 66.5 Å². The monoisotopic (exact) mass is 364 g/mol. The van der Waals surface area contributed by atoms with Crippen molar-refractivity contribution in [3.05, 3.63) is 58.6 Å². The van der Waals surface area contributed by atoms with Crippen molar-refractivity contribution in [2.24, 2.45) is 0 Å². The highest BCUT2D eigenvalue weighted by Crippen LogP contribution is 2.34. The van der Waals surface area contributed by atoms with Gasteiger partial charge in [-0.2, -0.15) is 0 Å². The predicted octanol–water partition coefficient (Wildman–Crippen LogP) is 3.30. The third-order valence-corrected chi connectivity index (χ3v) is 5.48. The van der Waals surface area contributed by atoms with Gasteiger partial charge in [0.15, 0.2) is 0 Å². The van der Waals surface area contributed by atoms with Gasteiger partial charge in [0.2, 0.25) is 10.0 Å². The zero-order chi connectivity index (χ0) is 17.5. The molecule has 1 aliphatic rings. The summed E-state index contributed by atoms with van der Waals surface area (Å²) in [5.41, 5.74) is 2.65. The van der Waals surface area contributed by atoms with E-state index >= 15 is 0 Å². The highest BCUT2D eigenvalue weighted by molar-refractivity contribution is 7.92. The Labute approximate surface area is 146 Å². The lowest BCUT2D eigenvalue weighted by molar-refractivity contribution is 0.102. The largest absolute Gasteiger partial charge is 0.322 e. The van der Waals surface area contributed by atoms with Crippen LogP contribution in [-0.4, -0.2) is 26.6 Å². The molecule has 2 aromatic rings. The fraction of sp³-hybridized carbons (Fsp3) is 0.235. The molecular formula is C17H17ClN2O3S. The number of anilines is 2. The second kappa shape index (κ2) is 6.11. The summed E-state index contributed by atoms with van der Waals surface area (Å²) >= 11 is 5.83. The molecule has 0 bridgehead atoms. The number of nitrogens with one attached hydrogen (secondary N) is 1. The van der Waals surface area contributed by atoms with E-state index in [0.29, 0.717) is 28.4 Å². The Morgan fingerprint density at radius 3 is 2.50 bits per heavy atom. The highest BCUT2D eigenvalue weighted by atomic mass is 35.5. The van der Waals surface area contributed by atoms with Crippen LogP contribution in [0.1, 0.15) is 22.8 Å². The van der Waals surface area contributed by atoms with E-state index in [1.165, 1.54) is 10.6 Å². The Kier molecular flexibility index (Phi) is 4.27. The van der Waals surface area contributed by atoms with Crippen molar-refractivity contribution < 1.29 is 13.2 Å². The third-order valence-electron chi connectivity index (χ3n) is 3.95. The van der Waals surface area contributed by atoms with Gasteiger partial charge in [0, 0.05) is 22.3 Å². The first-order valence-electron chi connectivity index (χ1n) is 7.45. The van der Waals surface area contributed by atoms with E-state index in [4.69, 9.17) is 11.6 Å². The van der Waals surface area contributed by atoms with E-state index in [1.54, 1.807) is 42.5 Å². The lowest BCUT2D eigenvalue weighted by Crippen LogP contribution is -2.34. The maximum atomic E-state index is 12.4. The summed E-state index contributed by atoms with van der Waals surface area (Å²) < 4.78 is 25.3. The molecule has 2 aromatic carbocycles. The van der Waals surface area contributed by atoms with Gasteiger partial charge in [-0.15, -0.1) is 0 Å². The molecule has 3 rings (SSSR count). The average Bonchev–Trinajstić information content (AvgIpc) is 2.84. The van der Waals surface area contributed by atoms with E-state index in [0.717, 1.165) is 5.56 Å². The van der Waals surface area contributed by atoms with Gasteiger partial charge < -0.3 is 5.32 Å². The summed E-state index contributed by atoms with van der Waals surface area (Å²) in [4.78, 5) is 12.4. The standard InChI is InChI=1S/C17H17ClN2O3S/c1-11-9-13-10-12(3-8-16(13)20(11)24(2,22)23)17(21)19-15-6-4-14(18)5-7-15/h3-8,10-11H,9H2,1-2H3,(H,19,21)/t11-/m0/s1. The number of benzene rings is 2. The van der Waals surface area contributed by atoms with Crippen molar-refractivity contribution in [1.82, 2.24) is 0 Å². The fourth-order valence-corrected chi connectivity index (χ4v) is 4.38. The van der Waals surface area contributed by atoms with Gasteiger partial charge in [-0.3, -0.25) is 9.10 Å². The Morgan fingerprint density at radius 1 is 1.21 bits per heavy atom. The van der Waals surface area contributed by atoms with Crippen molar-refractivity contribution in [3.8, 4) is 0 Å². The Bertz CT molecular complexity index is 895. The molecular weight excluding hydrogens is 348 g/mol. The lowest BCUT2D eigenvalue weighted by Gasteiger charge is -2.21. The molecule has 0 aromatic heterocycles. The third kappa shape index (κ3) is 3.25. The summed E-state index contributed by atoms with van der Waals surface area (Å²) in [5.74, 6) is -0.245. The molecule has 7 heteroatoms. The smallest absolute Gasteiger partial charge is 0.255 e. The zero-order valence-electron chi connectivity index (χ0n) is 13.3. The van der Waals surface area contributed by atoms with E-state index < -0.39 is 10.0 Å². The highest BCUT2D eigenvalue weighted by Gasteiger charge is 2.32. The molecule has 0 saturated heterocycles. The number of carbonyl (C=O) groups is 1. The Hall–Kier alpha value is -2.05. The van der Waals surface area contributed by atoms with Gasteiger partial charge in [-0.1, -0.05) is 11.6 Å². The Balaban J connectivity index is 1.86. The molecule has 0 saturated carbocycles. The van der Waals surface area contributed by atoms with Gasteiger partial charge in [-0.05, 0) is 61.4 Å². The predicted molar refractivity (Wildman–Crippen MR) is 96.3 cm³/mol. The number of amides is 1. The van der Waals surface area contributed by atoms with Gasteiger partial charge in [0.1, 0.15) is 0 Å². The minimum Gasteiger partial charge on any atom is -0.322 e. The minimum atomic E-state index is -3.33. The summed E-state index contributed by atoms with van der Waals surface area (Å²) in [5, 5.41) is 3.40. The summed E-state index contributed by atoms with van der Waals surface area (Å²) in [6.45, 7) is 1.86. The first-order chi connectivity index (χ1) is 11.3. The molecule has 1 atom stereocenters. The van der Waals surface area contributed by atoms with Crippen LogP contribution >= 0.6 is 11.6 Å².